The van der Waals surface area contributed by atoms with E-state index in [-0.39, 0.29) is 6.10 Å². The first-order valence-corrected chi connectivity index (χ1v) is 3.87. The second kappa shape index (κ2) is 3.53. The van der Waals surface area contributed by atoms with Crippen LogP contribution in [0.3, 0.4) is 0 Å². The van der Waals surface area contributed by atoms with Crippen molar-refractivity contribution < 1.29 is 5.11 Å². The Kier molecular flexibility index (Phi) is 2.65. The molecule has 62 valence electrons. The van der Waals surface area contributed by atoms with Crippen molar-refractivity contribution in [1.29, 1.82) is 0 Å². The fourth-order valence-corrected chi connectivity index (χ4v) is 0.959. The van der Waals surface area contributed by atoms with E-state index in [1.165, 1.54) is 0 Å². The lowest BCUT2D eigenvalue weighted by molar-refractivity contribution is 0.184. The highest BCUT2D eigenvalue weighted by molar-refractivity contribution is 5.06. The van der Waals surface area contributed by atoms with Crippen LogP contribution in [0.1, 0.15) is 24.7 Å². The molecule has 1 aromatic rings. The number of aromatic amines is 1. The molecular weight excluding hydrogens is 140 g/mol. The predicted octanol–water partition coefficient (Wildman–Crippen LogP) is 1.03. The molecular formula is C8H14N2O. The summed E-state index contributed by atoms with van der Waals surface area (Å²) in [6, 6.07) is 2.00. The fraction of sp³-hybridized carbons (Fsp3) is 0.625. The summed E-state index contributed by atoms with van der Waals surface area (Å²) < 4.78 is 0. The Bertz CT molecular complexity index is 218. The van der Waals surface area contributed by atoms with Gasteiger partial charge in [-0.15, -0.1) is 0 Å². The van der Waals surface area contributed by atoms with Crippen molar-refractivity contribution in [3.63, 3.8) is 0 Å². The molecule has 0 saturated carbocycles. The van der Waals surface area contributed by atoms with Gasteiger partial charge >= 0.3 is 0 Å². The van der Waals surface area contributed by atoms with Crippen LogP contribution in [-0.2, 0) is 6.42 Å². The Labute approximate surface area is 66.4 Å². The average molecular weight is 154 g/mol. The molecule has 2 N–H and O–H groups in total. The molecule has 0 aliphatic carbocycles. The van der Waals surface area contributed by atoms with Crippen LogP contribution >= 0.6 is 0 Å². The topological polar surface area (TPSA) is 48.9 Å². The number of aromatic nitrogens is 2. The van der Waals surface area contributed by atoms with Crippen molar-refractivity contribution in [1.82, 2.24) is 10.2 Å². The van der Waals surface area contributed by atoms with E-state index >= 15 is 0 Å². The normalized spacial score (nSPS) is 13.4. The quantitative estimate of drug-likeness (QED) is 0.683. The van der Waals surface area contributed by atoms with Crippen molar-refractivity contribution in [3.05, 3.63) is 17.5 Å². The molecule has 0 aromatic carbocycles. The molecule has 0 radical (unpaired) electrons. The minimum absolute atomic E-state index is 0.230. The largest absolute Gasteiger partial charge is 0.393 e. The highest BCUT2D eigenvalue weighted by Gasteiger charge is 2.00. The van der Waals surface area contributed by atoms with Crippen molar-refractivity contribution in [2.75, 3.05) is 0 Å². The molecule has 1 rings (SSSR count). The van der Waals surface area contributed by atoms with Crippen LogP contribution in [-0.4, -0.2) is 21.4 Å². The summed E-state index contributed by atoms with van der Waals surface area (Å²) in [6.45, 7) is 3.76. The third-order valence-corrected chi connectivity index (χ3v) is 1.58. The average Bonchev–Trinajstić information content (AvgIpc) is 2.31. The van der Waals surface area contributed by atoms with Crippen LogP contribution in [0.15, 0.2) is 6.07 Å². The summed E-state index contributed by atoms with van der Waals surface area (Å²) in [7, 11) is 0. The first kappa shape index (κ1) is 8.27. The molecule has 3 nitrogen and oxygen atoms in total. The number of hydrogen-bond acceptors (Lipinski definition) is 2. The number of H-pyrrole nitrogens is 1. The van der Waals surface area contributed by atoms with E-state index < -0.39 is 0 Å². The number of aryl methyl sites for hydroxylation is 2. The molecule has 1 unspecified atom stereocenters. The number of nitrogens with one attached hydrogen (secondary N) is 1. The zero-order valence-electron chi connectivity index (χ0n) is 6.96. The van der Waals surface area contributed by atoms with E-state index in [0.29, 0.717) is 0 Å². The highest BCUT2D eigenvalue weighted by Crippen LogP contribution is 2.02. The number of aliphatic hydroxyl groups excluding tert-OH is 1. The Morgan fingerprint density at radius 3 is 2.91 bits per heavy atom. The van der Waals surface area contributed by atoms with Gasteiger partial charge in [0.05, 0.1) is 11.8 Å². The first-order chi connectivity index (χ1) is 5.18. The number of rotatable bonds is 3. The van der Waals surface area contributed by atoms with E-state index in [0.717, 1.165) is 24.2 Å². The minimum atomic E-state index is -0.230. The molecule has 0 spiro atoms. The standard InChI is InChI=1S/C8H14N2O/c1-6-5-8(10-9-6)4-3-7(2)11/h5,7,11H,3-4H2,1-2H3,(H,9,10). The van der Waals surface area contributed by atoms with Gasteiger partial charge in [-0.3, -0.25) is 5.10 Å². The Balaban J connectivity index is 2.39. The molecule has 0 aliphatic heterocycles. The Morgan fingerprint density at radius 2 is 2.45 bits per heavy atom. The van der Waals surface area contributed by atoms with Gasteiger partial charge < -0.3 is 5.11 Å². The molecule has 0 saturated heterocycles. The summed E-state index contributed by atoms with van der Waals surface area (Å²) in [4.78, 5) is 0. The van der Waals surface area contributed by atoms with Crippen LogP contribution in [0.25, 0.3) is 0 Å². The van der Waals surface area contributed by atoms with Gasteiger partial charge in [0.25, 0.3) is 0 Å². The van der Waals surface area contributed by atoms with E-state index in [9.17, 15) is 0 Å². The van der Waals surface area contributed by atoms with Gasteiger partial charge in [-0.2, -0.15) is 5.10 Å². The lowest BCUT2D eigenvalue weighted by Gasteiger charge is -1.99. The molecule has 1 heterocycles. The van der Waals surface area contributed by atoms with Crippen LogP contribution < -0.4 is 0 Å². The number of nitrogens with zero attached hydrogens (tertiary/aromatic N) is 1. The smallest absolute Gasteiger partial charge is 0.0625 e. The second-order valence-corrected chi connectivity index (χ2v) is 2.93. The Morgan fingerprint density at radius 1 is 1.73 bits per heavy atom. The molecule has 0 bridgehead atoms. The molecule has 0 aliphatic rings. The van der Waals surface area contributed by atoms with Crippen LogP contribution in [0.5, 0.6) is 0 Å². The maximum absolute atomic E-state index is 8.98. The van der Waals surface area contributed by atoms with Gasteiger partial charge in [-0.25, -0.2) is 0 Å². The third-order valence-electron chi connectivity index (χ3n) is 1.58. The van der Waals surface area contributed by atoms with Crippen molar-refractivity contribution in [2.24, 2.45) is 0 Å². The van der Waals surface area contributed by atoms with Crippen LogP contribution in [0, 0.1) is 6.92 Å². The maximum Gasteiger partial charge on any atom is 0.0625 e. The highest BCUT2D eigenvalue weighted by atomic mass is 16.3. The predicted molar refractivity (Wildman–Crippen MR) is 43.3 cm³/mol. The third kappa shape index (κ3) is 2.72. The monoisotopic (exact) mass is 154 g/mol. The molecule has 0 amide bonds. The molecule has 3 heteroatoms. The van der Waals surface area contributed by atoms with E-state index in [4.69, 9.17) is 5.11 Å². The Hall–Kier alpha value is -0.830. The van der Waals surface area contributed by atoms with E-state index in [1.54, 1.807) is 6.92 Å². The van der Waals surface area contributed by atoms with Gasteiger partial charge in [0.15, 0.2) is 0 Å². The van der Waals surface area contributed by atoms with Gasteiger partial charge in [0, 0.05) is 5.69 Å². The van der Waals surface area contributed by atoms with Gasteiger partial charge in [0.2, 0.25) is 0 Å². The molecule has 11 heavy (non-hydrogen) atoms. The SMILES string of the molecule is Cc1cc(CCC(C)O)n[nH]1. The van der Waals surface area contributed by atoms with Gasteiger partial charge in [0.1, 0.15) is 0 Å². The van der Waals surface area contributed by atoms with Crippen LogP contribution in [0.2, 0.25) is 0 Å². The lowest BCUT2D eigenvalue weighted by Crippen LogP contribution is -2.01. The summed E-state index contributed by atoms with van der Waals surface area (Å²) in [6.07, 6.45) is 1.40. The zero-order chi connectivity index (χ0) is 8.27. The van der Waals surface area contributed by atoms with Crippen molar-refractivity contribution in [3.8, 4) is 0 Å². The van der Waals surface area contributed by atoms with E-state index in [1.807, 2.05) is 13.0 Å². The fourth-order valence-electron chi connectivity index (χ4n) is 0.959. The second-order valence-electron chi connectivity index (χ2n) is 2.93. The maximum atomic E-state index is 8.98. The summed E-state index contributed by atoms with van der Waals surface area (Å²) in [5.41, 5.74) is 2.11. The molecule has 1 atom stereocenters. The van der Waals surface area contributed by atoms with E-state index in [2.05, 4.69) is 10.2 Å². The molecule has 1 aromatic heterocycles. The zero-order valence-corrected chi connectivity index (χ0v) is 6.96. The number of aliphatic hydroxyl groups is 1. The summed E-state index contributed by atoms with van der Waals surface area (Å²) in [5.74, 6) is 0. The summed E-state index contributed by atoms with van der Waals surface area (Å²) in [5, 5.41) is 15.9. The van der Waals surface area contributed by atoms with Crippen molar-refractivity contribution >= 4 is 0 Å². The minimum Gasteiger partial charge on any atom is -0.393 e. The lowest BCUT2D eigenvalue weighted by atomic mass is 10.2. The first-order valence-electron chi connectivity index (χ1n) is 3.87. The van der Waals surface area contributed by atoms with Gasteiger partial charge in [-0.05, 0) is 32.8 Å². The summed E-state index contributed by atoms with van der Waals surface area (Å²) >= 11 is 0. The number of hydrogen-bond donors (Lipinski definition) is 2. The van der Waals surface area contributed by atoms with Crippen LogP contribution in [0.4, 0.5) is 0 Å². The van der Waals surface area contributed by atoms with Gasteiger partial charge in [-0.1, -0.05) is 0 Å². The van der Waals surface area contributed by atoms with Crippen molar-refractivity contribution in [2.45, 2.75) is 32.8 Å². The molecule has 0 fully saturated rings.